The lowest BCUT2D eigenvalue weighted by Crippen LogP contribution is -2.43. The van der Waals surface area contributed by atoms with Crippen molar-refractivity contribution in [2.75, 3.05) is 20.2 Å². The summed E-state index contributed by atoms with van der Waals surface area (Å²) < 4.78 is 5.02. The Morgan fingerprint density at radius 3 is 2.63 bits per heavy atom. The van der Waals surface area contributed by atoms with Crippen LogP contribution in [0.4, 0.5) is 4.79 Å². The molecule has 0 aliphatic heterocycles. The van der Waals surface area contributed by atoms with E-state index in [1.54, 1.807) is 7.11 Å². The maximum absolute atomic E-state index is 11.6. The molecule has 0 aromatic carbocycles. The molecule has 1 saturated carbocycles. The number of carboxylic acids is 1. The number of aliphatic carboxylic acids is 1. The number of methoxy groups -OCH3 is 1. The maximum Gasteiger partial charge on any atom is 0.314 e. The van der Waals surface area contributed by atoms with Crippen LogP contribution in [0.1, 0.15) is 32.6 Å². The summed E-state index contributed by atoms with van der Waals surface area (Å²) >= 11 is 0. The maximum atomic E-state index is 11.6. The van der Waals surface area contributed by atoms with Crippen LogP contribution >= 0.6 is 0 Å². The van der Waals surface area contributed by atoms with Crippen molar-refractivity contribution in [3.63, 3.8) is 0 Å². The van der Waals surface area contributed by atoms with Crippen molar-refractivity contribution in [1.82, 2.24) is 10.6 Å². The van der Waals surface area contributed by atoms with Crippen molar-refractivity contribution in [2.45, 2.75) is 38.7 Å². The summed E-state index contributed by atoms with van der Waals surface area (Å²) in [6.07, 6.45) is 3.55. The van der Waals surface area contributed by atoms with Crippen molar-refractivity contribution in [1.29, 1.82) is 0 Å². The number of amides is 2. The quantitative estimate of drug-likeness (QED) is 0.678. The van der Waals surface area contributed by atoms with Crippen molar-refractivity contribution in [3.8, 4) is 0 Å². The summed E-state index contributed by atoms with van der Waals surface area (Å²) in [6, 6.07) is -0.265. The topological polar surface area (TPSA) is 87.7 Å². The molecular weight excluding hydrogens is 248 g/mol. The summed E-state index contributed by atoms with van der Waals surface area (Å²) in [5.74, 6) is -1.04. The Bertz CT molecular complexity index is 309. The number of hydrogen-bond donors (Lipinski definition) is 3. The number of carbonyl (C=O) groups is 2. The molecule has 6 heteroatoms. The molecule has 0 radical (unpaired) electrons. The number of ether oxygens (including phenoxy) is 1. The number of rotatable bonds is 6. The average Bonchev–Trinajstić information content (AvgIpc) is 2.42. The zero-order valence-electron chi connectivity index (χ0n) is 11.6. The standard InChI is InChI=1S/C13H24N2O4/c1-9(19-2)7-14-13(18)15-8-10-5-3-4-6-11(10)12(16)17/h9-11H,3-8H2,1-2H3,(H,16,17)(H2,14,15,18). The van der Waals surface area contributed by atoms with Crippen LogP contribution in [0.2, 0.25) is 0 Å². The molecule has 110 valence electrons. The van der Waals surface area contributed by atoms with Crippen LogP contribution in [0.5, 0.6) is 0 Å². The van der Waals surface area contributed by atoms with Gasteiger partial charge in [-0.25, -0.2) is 4.79 Å². The van der Waals surface area contributed by atoms with Gasteiger partial charge in [-0.05, 0) is 25.7 Å². The fraction of sp³-hybridized carbons (Fsp3) is 0.846. The van der Waals surface area contributed by atoms with Crippen molar-refractivity contribution >= 4 is 12.0 Å². The van der Waals surface area contributed by atoms with Gasteiger partial charge in [-0.3, -0.25) is 4.79 Å². The largest absolute Gasteiger partial charge is 0.481 e. The Labute approximate surface area is 113 Å². The Morgan fingerprint density at radius 1 is 1.32 bits per heavy atom. The number of urea groups is 1. The zero-order chi connectivity index (χ0) is 14.3. The lowest BCUT2D eigenvalue weighted by molar-refractivity contribution is -0.144. The van der Waals surface area contributed by atoms with E-state index in [1.165, 1.54) is 0 Å². The predicted octanol–water partition coefficient (Wildman–Crippen LogP) is 1.21. The molecule has 1 aliphatic rings. The molecule has 0 spiro atoms. The van der Waals surface area contributed by atoms with Gasteiger partial charge in [0.25, 0.3) is 0 Å². The number of nitrogens with one attached hydrogen (secondary N) is 2. The summed E-state index contributed by atoms with van der Waals surface area (Å²) in [6.45, 7) is 2.72. The van der Waals surface area contributed by atoms with E-state index in [-0.39, 0.29) is 24.0 Å². The minimum atomic E-state index is -0.750. The molecule has 1 rings (SSSR count). The summed E-state index contributed by atoms with van der Waals surface area (Å²) in [4.78, 5) is 22.7. The molecule has 3 unspecified atom stereocenters. The first kappa shape index (κ1) is 15.8. The second kappa shape index (κ2) is 7.99. The third kappa shape index (κ3) is 5.46. The monoisotopic (exact) mass is 272 g/mol. The van der Waals surface area contributed by atoms with Crippen molar-refractivity contribution in [2.24, 2.45) is 11.8 Å². The highest BCUT2D eigenvalue weighted by Crippen LogP contribution is 2.29. The van der Waals surface area contributed by atoms with E-state index in [4.69, 9.17) is 9.84 Å². The molecule has 3 atom stereocenters. The van der Waals surface area contributed by atoms with Crippen LogP contribution < -0.4 is 10.6 Å². The fourth-order valence-corrected chi connectivity index (χ4v) is 2.38. The van der Waals surface area contributed by atoms with E-state index in [1.807, 2.05) is 6.92 Å². The average molecular weight is 272 g/mol. The van der Waals surface area contributed by atoms with Crippen molar-refractivity contribution < 1.29 is 19.4 Å². The molecule has 0 aromatic rings. The molecular formula is C13H24N2O4. The van der Waals surface area contributed by atoms with Gasteiger partial charge < -0.3 is 20.5 Å². The zero-order valence-corrected chi connectivity index (χ0v) is 11.6. The van der Waals surface area contributed by atoms with Gasteiger partial charge in [0.15, 0.2) is 0 Å². The normalized spacial score (nSPS) is 24.5. The van der Waals surface area contributed by atoms with Gasteiger partial charge in [0.1, 0.15) is 0 Å². The molecule has 2 amide bonds. The van der Waals surface area contributed by atoms with Crippen LogP contribution in [-0.2, 0) is 9.53 Å². The third-order valence-corrected chi connectivity index (χ3v) is 3.70. The highest BCUT2D eigenvalue weighted by Gasteiger charge is 2.30. The highest BCUT2D eigenvalue weighted by molar-refractivity contribution is 5.74. The van der Waals surface area contributed by atoms with Gasteiger partial charge in [0.05, 0.1) is 12.0 Å². The summed E-state index contributed by atoms with van der Waals surface area (Å²) in [5, 5.41) is 14.6. The first-order valence-electron chi connectivity index (χ1n) is 6.82. The van der Waals surface area contributed by atoms with Crippen LogP contribution in [0, 0.1) is 11.8 Å². The Kier molecular flexibility index (Phi) is 6.62. The smallest absolute Gasteiger partial charge is 0.314 e. The van der Waals surface area contributed by atoms with Crippen LogP contribution in [0.15, 0.2) is 0 Å². The van der Waals surface area contributed by atoms with E-state index in [0.717, 1.165) is 19.3 Å². The Balaban J connectivity index is 2.29. The van der Waals surface area contributed by atoms with E-state index in [0.29, 0.717) is 19.5 Å². The summed E-state index contributed by atoms with van der Waals surface area (Å²) in [7, 11) is 1.59. The van der Waals surface area contributed by atoms with Gasteiger partial charge in [0.2, 0.25) is 0 Å². The minimum Gasteiger partial charge on any atom is -0.481 e. The van der Waals surface area contributed by atoms with Crippen LogP contribution in [0.3, 0.4) is 0 Å². The van der Waals surface area contributed by atoms with Gasteiger partial charge in [-0.15, -0.1) is 0 Å². The molecule has 6 nitrogen and oxygen atoms in total. The number of hydrogen-bond acceptors (Lipinski definition) is 3. The van der Waals surface area contributed by atoms with Crippen LogP contribution in [-0.4, -0.2) is 43.4 Å². The van der Waals surface area contributed by atoms with E-state index < -0.39 is 5.97 Å². The Morgan fingerprint density at radius 2 is 2.00 bits per heavy atom. The van der Waals surface area contributed by atoms with E-state index >= 15 is 0 Å². The molecule has 3 N–H and O–H groups in total. The minimum absolute atomic E-state index is 0.0350. The lowest BCUT2D eigenvalue weighted by Gasteiger charge is -2.28. The highest BCUT2D eigenvalue weighted by atomic mass is 16.5. The Hall–Kier alpha value is -1.30. The van der Waals surface area contributed by atoms with E-state index in [2.05, 4.69) is 10.6 Å². The molecule has 1 aliphatic carbocycles. The first-order chi connectivity index (χ1) is 9.04. The molecule has 0 heterocycles. The molecule has 19 heavy (non-hydrogen) atoms. The lowest BCUT2D eigenvalue weighted by atomic mass is 9.79. The van der Waals surface area contributed by atoms with Crippen molar-refractivity contribution in [3.05, 3.63) is 0 Å². The molecule has 0 aromatic heterocycles. The number of carbonyl (C=O) groups excluding carboxylic acids is 1. The van der Waals surface area contributed by atoms with E-state index in [9.17, 15) is 9.59 Å². The first-order valence-corrected chi connectivity index (χ1v) is 6.82. The number of carboxylic acid groups (broad SMARTS) is 1. The molecule has 0 bridgehead atoms. The van der Waals surface area contributed by atoms with Gasteiger partial charge >= 0.3 is 12.0 Å². The summed E-state index contributed by atoms with van der Waals surface area (Å²) in [5.41, 5.74) is 0. The fourth-order valence-electron chi connectivity index (χ4n) is 2.38. The second-order valence-electron chi connectivity index (χ2n) is 5.13. The molecule has 0 saturated heterocycles. The molecule has 1 fully saturated rings. The SMILES string of the molecule is COC(C)CNC(=O)NCC1CCCCC1C(=O)O. The van der Waals surface area contributed by atoms with Gasteiger partial charge in [-0.2, -0.15) is 0 Å². The second-order valence-corrected chi connectivity index (χ2v) is 5.13. The third-order valence-electron chi connectivity index (χ3n) is 3.70. The predicted molar refractivity (Wildman–Crippen MR) is 71.0 cm³/mol. The van der Waals surface area contributed by atoms with Crippen LogP contribution in [0.25, 0.3) is 0 Å². The van der Waals surface area contributed by atoms with Gasteiger partial charge in [-0.1, -0.05) is 12.8 Å². The van der Waals surface area contributed by atoms with Gasteiger partial charge in [0, 0.05) is 20.2 Å².